The Balaban J connectivity index is 3.40. The first-order valence-corrected chi connectivity index (χ1v) is 3.06. The Kier molecular flexibility index (Phi) is 5.50. The van der Waals surface area contributed by atoms with Crippen molar-refractivity contribution in [1.82, 2.24) is 0 Å². The normalized spacial score (nSPS) is 10.1. The van der Waals surface area contributed by atoms with Crippen LogP contribution in [0.4, 0.5) is 0 Å². The summed E-state index contributed by atoms with van der Waals surface area (Å²) in [5.74, 6) is 5.39. The lowest BCUT2D eigenvalue weighted by Crippen LogP contribution is -2.09. The van der Waals surface area contributed by atoms with E-state index in [4.69, 9.17) is 10.6 Å². The summed E-state index contributed by atoms with van der Waals surface area (Å²) in [5, 5.41) is 3.67. The summed E-state index contributed by atoms with van der Waals surface area (Å²) in [6.45, 7) is 4.33. The molecule has 0 aromatic carbocycles. The predicted molar refractivity (Wildman–Crippen MR) is 41.6 cm³/mol. The molecule has 0 aromatic rings. The number of nitrogens with zero attached hydrogens (tertiary/aromatic N) is 1. The minimum Gasteiger partial charge on any atom is -0.383 e. The second-order valence-electron chi connectivity index (χ2n) is 1.73. The van der Waals surface area contributed by atoms with Gasteiger partial charge in [0.15, 0.2) is 6.61 Å². The minimum atomic E-state index is 0.341. The van der Waals surface area contributed by atoms with E-state index in [1.165, 1.54) is 0 Å². The highest BCUT2D eigenvalue weighted by atomic mass is 16.6. The van der Waals surface area contributed by atoms with Crippen molar-refractivity contribution in [3.05, 3.63) is 0 Å². The van der Waals surface area contributed by atoms with Gasteiger partial charge in [-0.05, 0) is 13.8 Å². The van der Waals surface area contributed by atoms with Crippen molar-refractivity contribution in [2.75, 3.05) is 13.2 Å². The maximum absolute atomic E-state index is 5.24. The number of rotatable bonds is 3. The first kappa shape index (κ1) is 8.99. The lowest BCUT2D eigenvalue weighted by Gasteiger charge is -1.93. The molecule has 3 nitrogen and oxygen atoms in total. The van der Waals surface area contributed by atoms with E-state index in [9.17, 15) is 0 Å². The Morgan fingerprint density at radius 2 is 2.40 bits per heavy atom. The van der Waals surface area contributed by atoms with Gasteiger partial charge in [0.25, 0.3) is 0 Å². The molecular formula is C7H12N2O. The molecule has 0 saturated carbocycles. The molecule has 0 atom stereocenters. The largest absolute Gasteiger partial charge is 0.383 e. The average Bonchev–Trinajstić information content (AvgIpc) is 1.98. The van der Waals surface area contributed by atoms with Gasteiger partial charge in [-0.2, -0.15) is 0 Å². The van der Waals surface area contributed by atoms with Crippen molar-refractivity contribution in [2.24, 2.45) is 10.9 Å². The Hall–Kier alpha value is -1.01. The molecule has 3 heteroatoms. The fourth-order valence-corrected chi connectivity index (χ4v) is 0.284. The quantitative estimate of drug-likeness (QED) is 0.266. The Morgan fingerprint density at radius 3 is 2.90 bits per heavy atom. The zero-order valence-electron chi connectivity index (χ0n) is 6.35. The number of hydrogen-bond acceptors (Lipinski definition) is 3. The first-order valence-electron chi connectivity index (χ1n) is 3.06. The molecule has 10 heavy (non-hydrogen) atoms. The van der Waals surface area contributed by atoms with Crippen LogP contribution in [-0.2, 0) is 4.84 Å². The van der Waals surface area contributed by atoms with Gasteiger partial charge in [0.1, 0.15) is 0 Å². The van der Waals surface area contributed by atoms with Gasteiger partial charge in [0.05, 0.1) is 5.71 Å². The van der Waals surface area contributed by atoms with Crippen LogP contribution in [0.15, 0.2) is 5.16 Å². The Morgan fingerprint density at radius 1 is 1.70 bits per heavy atom. The lowest BCUT2D eigenvalue weighted by molar-refractivity contribution is 0.179. The van der Waals surface area contributed by atoms with Crippen LogP contribution < -0.4 is 5.73 Å². The minimum absolute atomic E-state index is 0.341. The molecule has 0 amide bonds. The zero-order chi connectivity index (χ0) is 7.82. The van der Waals surface area contributed by atoms with E-state index in [0.717, 1.165) is 5.71 Å². The summed E-state index contributed by atoms with van der Waals surface area (Å²) in [6, 6.07) is 0. The van der Waals surface area contributed by atoms with Crippen molar-refractivity contribution in [3.63, 3.8) is 0 Å². The van der Waals surface area contributed by atoms with Gasteiger partial charge in [0.2, 0.25) is 0 Å². The van der Waals surface area contributed by atoms with Crippen molar-refractivity contribution < 1.29 is 4.84 Å². The van der Waals surface area contributed by atoms with Gasteiger partial charge in [-0.25, -0.2) is 0 Å². The van der Waals surface area contributed by atoms with Crippen LogP contribution in [0.3, 0.4) is 0 Å². The molecule has 0 saturated heterocycles. The predicted octanol–water partition coefficient (Wildman–Crippen LogP) is 0.361. The summed E-state index contributed by atoms with van der Waals surface area (Å²) in [7, 11) is 0. The second-order valence-corrected chi connectivity index (χ2v) is 1.73. The van der Waals surface area contributed by atoms with Gasteiger partial charge in [-0.3, -0.25) is 0 Å². The third-order valence-electron chi connectivity index (χ3n) is 0.829. The number of nitrogens with two attached hydrogens (primary N) is 1. The average molecular weight is 140 g/mol. The summed E-state index contributed by atoms with van der Waals surface area (Å²) >= 11 is 0. The van der Waals surface area contributed by atoms with Crippen molar-refractivity contribution in [2.45, 2.75) is 13.8 Å². The third kappa shape index (κ3) is 5.13. The van der Waals surface area contributed by atoms with Crippen molar-refractivity contribution in [1.29, 1.82) is 0 Å². The van der Waals surface area contributed by atoms with Crippen LogP contribution in [0, 0.1) is 11.8 Å². The van der Waals surface area contributed by atoms with Gasteiger partial charge in [-0.1, -0.05) is 11.1 Å². The fraction of sp³-hybridized carbons (Fsp3) is 0.571. The van der Waals surface area contributed by atoms with Crippen LogP contribution in [0.5, 0.6) is 0 Å². The third-order valence-corrected chi connectivity index (χ3v) is 0.829. The molecule has 56 valence electrons. The highest BCUT2D eigenvalue weighted by molar-refractivity contribution is 5.83. The lowest BCUT2D eigenvalue weighted by atomic mass is 10.4. The van der Waals surface area contributed by atoms with Crippen LogP contribution in [0.25, 0.3) is 0 Å². The highest BCUT2D eigenvalue weighted by Crippen LogP contribution is 1.77. The highest BCUT2D eigenvalue weighted by Gasteiger charge is 1.83. The molecule has 0 rings (SSSR count). The molecule has 0 aliphatic heterocycles. The molecule has 0 heterocycles. The van der Waals surface area contributed by atoms with Gasteiger partial charge >= 0.3 is 0 Å². The van der Waals surface area contributed by atoms with Crippen LogP contribution in [0.1, 0.15) is 13.8 Å². The summed E-state index contributed by atoms with van der Waals surface area (Å²) in [5.41, 5.74) is 6.02. The van der Waals surface area contributed by atoms with Gasteiger partial charge in [0, 0.05) is 6.54 Å². The summed E-state index contributed by atoms with van der Waals surface area (Å²) in [4.78, 5) is 4.76. The molecule has 0 spiro atoms. The summed E-state index contributed by atoms with van der Waals surface area (Å²) in [6.07, 6.45) is 0. The Bertz CT molecular complexity index is 164. The van der Waals surface area contributed by atoms with E-state index >= 15 is 0 Å². The first-order chi connectivity index (χ1) is 4.81. The number of hydrogen-bond donors (Lipinski definition) is 1. The van der Waals surface area contributed by atoms with Crippen LogP contribution in [-0.4, -0.2) is 18.9 Å². The van der Waals surface area contributed by atoms with E-state index in [-0.39, 0.29) is 0 Å². The molecule has 0 unspecified atom stereocenters. The molecule has 0 aromatic heterocycles. The zero-order valence-corrected chi connectivity index (χ0v) is 6.35. The topological polar surface area (TPSA) is 47.6 Å². The molecule has 0 bridgehead atoms. The van der Waals surface area contributed by atoms with Crippen LogP contribution in [0.2, 0.25) is 0 Å². The molecule has 0 radical (unpaired) electrons. The summed E-state index contributed by atoms with van der Waals surface area (Å²) < 4.78 is 0. The van der Waals surface area contributed by atoms with E-state index < -0.39 is 0 Å². The fourth-order valence-electron chi connectivity index (χ4n) is 0.284. The monoisotopic (exact) mass is 140 g/mol. The smallest absolute Gasteiger partial charge is 0.177 e. The maximum Gasteiger partial charge on any atom is 0.177 e. The molecule has 2 N–H and O–H groups in total. The van der Waals surface area contributed by atoms with Crippen molar-refractivity contribution in [3.8, 4) is 11.8 Å². The molecule has 0 aliphatic rings. The van der Waals surface area contributed by atoms with Gasteiger partial charge < -0.3 is 10.6 Å². The van der Waals surface area contributed by atoms with E-state index in [1.807, 2.05) is 0 Å². The van der Waals surface area contributed by atoms with Crippen LogP contribution >= 0.6 is 0 Å². The van der Waals surface area contributed by atoms with Gasteiger partial charge in [-0.15, -0.1) is 5.92 Å². The molecule has 0 aliphatic carbocycles. The SMILES string of the molecule is CC#CCON=C(C)CN. The molecule has 0 fully saturated rings. The Labute approximate surface area is 61.2 Å². The van der Waals surface area contributed by atoms with E-state index in [0.29, 0.717) is 13.2 Å². The van der Waals surface area contributed by atoms with E-state index in [2.05, 4.69) is 17.0 Å². The van der Waals surface area contributed by atoms with Crippen molar-refractivity contribution >= 4 is 5.71 Å². The van der Waals surface area contributed by atoms with E-state index in [1.54, 1.807) is 13.8 Å². The maximum atomic E-state index is 5.24. The number of oxime groups is 1. The molecular weight excluding hydrogens is 128 g/mol. The second kappa shape index (κ2) is 6.12. The standard InChI is InChI=1S/C7H12N2O/c1-3-4-5-10-9-7(2)6-8/h5-6,8H2,1-2H3.